The number of hydrogen-bond acceptors (Lipinski definition) is 9. The number of aliphatic imine (C=N–C) groups is 1. The van der Waals surface area contributed by atoms with Crippen LogP contribution in [-0.2, 0) is 25.5 Å². The Morgan fingerprint density at radius 1 is 0.978 bits per heavy atom. The Hall–Kier alpha value is -4.30. The maximum absolute atomic E-state index is 15.0. The molecule has 0 fully saturated rings. The van der Waals surface area contributed by atoms with E-state index >= 15 is 0 Å². The zero-order valence-electron chi connectivity index (χ0n) is 27.1. The molecular weight excluding hydrogens is 597 g/mol. The molecule has 0 radical (unpaired) electrons. The molecule has 0 unspecified atom stereocenters. The number of alkyl carbamates (subject to hydrolysis) is 2. The first kappa shape index (κ1) is 38.7. The Morgan fingerprint density at radius 2 is 1.58 bits per heavy atom. The lowest BCUT2D eigenvalue weighted by Crippen LogP contribution is -2.47. The van der Waals surface area contributed by atoms with Gasteiger partial charge in [-0.3, -0.25) is 20.4 Å². The van der Waals surface area contributed by atoms with Gasteiger partial charge in [0.15, 0.2) is 0 Å². The molecule has 0 spiro atoms. The molecule has 12 nitrogen and oxygen atoms in total. The summed E-state index contributed by atoms with van der Waals surface area (Å²) >= 11 is 0. The standard InChI is InChI=1S/C30H45F3N6O6/c1-9-16-34-22(10-2)30(32,33)19-36-21-13-11-12-20(24(21)31)14-15-23(40)35-17-18-43-39-25(37-26(41)44-28(3,4)5)38-27(42)45-29(6,7)8/h10-13,16,36H,9,14-15,17-19H2,1-8H3,(H,35,40)(H2,37,38,39,41,42)/b22-10-,34-16?. The normalized spacial score (nSPS) is 12.3. The fraction of sp³-hybridized carbons (Fsp3) is 0.567. The fourth-order valence-corrected chi connectivity index (χ4v) is 3.34. The van der Waals surface area contributed by atoms with Gasteiger partial charge in [-0.15, -0.1) is 0 Å². The number of allylic oxidation sites excluding steroid dienone is 1. The second-order valence-corrected chi connectivity index (χ2v) is 11.6. The monoisotopic (exact) mass is 642 g/mol. The van der Waals surface area contributed by atoms with Crippen LogP contribution in [-0.4, -0.2) is 67.1 Å². The summed E-state index contributed by atoms with van der Waals surface area (Å²) in [6.45, 7) is 12.1. The highest BCUT2D eigenvalue weighted by atomic mass is 19.3. The molecule has 3 amide bonds. The van der Waals surface area contributed by atoms with Crippen LogP contribution in [0, 0.1) is 5.82 Å². The van der Waals surface area contributed by atoms with Crippen molar-refractivity contribution in [1.29, 1.82) is 0 Å². The zero-order valence-corrected chi connectivity index (χ0v) is 27.1. The topological polar surface area (TPSA) is 152 Å². The molecule has 0 saturated heterocycles. The van der Waals surface area contributed by atoms with Crippen molar-refractivity contribution in [3.05, 3.63) is 41.4 Å². The first-order valence-electron chi connectivity index (χ1n) is 14.4. The number of benzene rings is 1. The van der Waals surface area contributed by atoms with E-state index in [2.05, 4.69) is 31.4 Å². The summed E-state index contributed by atoms with van der Waals surface area (Å²) in [5.41, 5.74) is -2.01. The molecule has 0 aromatic heterocycles. The average Bonchev–Trinajstić information content (AvgIpc) is 2.89. The number of anilines is 1. The molecule has 1 aromatic carbocycles. The molecule has 0 aliphatic heterocycles. The predicted molar refractivity (Wildman–Crippen MR) is 166 cm³/mol. The minimum Gasteiger partial charge on any atom is -0.444 e. The van der Waals surface area contributed by atoms with Gasteiger partial charge in [0.25, 0.3) is 5.96 Å². The number of hydrogen-bond donors (Lipinski definition) is 4. The molecule has 252 valence electrons. The Bertz CT molecular complexity index is 1210. The Morgan fingerprint density at radius 3 is 2.11 bits per heavy atom. The largest absolute Gasteiger partial charge is 0.444 e. The Labute approximate surface area is 262 Å². The number of guanidine groups is 1. The van der Waals surface area contributed by atoms with E-state index in [0.717, 1.165) is 0 Å². The second kappa shape index (κ2) is 17.9. The predicted octanol–water partition coefficient (Wildman–Crippen LogP) is 5.64. The van der Waals surface area contributed by atoms with Gasteiger partial charge >= 0.3 is 18.1 Å². The van der Waals surface area contributed by atoms with Gasteiger partial charge in [-0.05, 0) is 78.1 Å². The maximum Gasteiger partial charge on any atom is 0.414 e. The highest BCUT2D eigenvalue weighted by molar-refractivity contribution is 6.01. The maximum atomic E-state index is 15.0. The van der Waals surface area contributed by atoms with Crippen molar-refractivity contribution in [2.75, 3.05) is 25.0 Å². The number of rotatable bonds is 13. The van der Waals surface area contributed by atoms with Crippen LogP contribution in [0.1, 0.15) is 73.8 Å². The third-order valence-electron chi connectivity index (χ3n) is 5.17. The second-order valence-electron chi connectivity index (χ2n) is 11.6. The van der Waals surface area contributed by atoms with E-state index in [9.17, 15) is 27.6 Å². The van der Waals surface area contributed by atoms with Crippen molar-refractivity contribution in [3.63, 3.8) is 0 Å². The first-order chi connectivity index (χ1) is 20.9. The Kier molecular flexibility index (Phi) is 15.4. The summed E-state index contributed by atoms with van der Waals surface area (Å²) in [6, 6.07) is 4.30. The van der Waals surface area contributed by atoms with Crippen LogP contribution < -0.4 is 21.3 Å². The van der Waals surface area contributed by atoms with Crippen LogP contribution in [0.5, 0.6) is 0 Å². The van der Waals surface area contributed by atoms with E-state index < -0.39 is 59.2 Å². The van der Waals surface area contributed by atoms with Crippen LogP contribution >= 0.6 is 0 Å². The van der Waals surface area contributed by atoms with Crippen molar-refractivity contribution in [1.82, 2.24) is 16.0 Å². The number of amides is 3. The third-order valence-corrected chi connectivity index (χ3v) is 5.17. The average molecular weight is 643 g/mol. The third kappa shape index (κ3) is 16.4. The molecule has 0 aliphatic rings. The first-order valence-corrected chi connectivity index (χ1v) is 14.4. The van der Waals surface area contributed by atoms with Crippen molar-refractivity contribution < 1.29 is 41.9 Å². The van der Waals surface area contributed by atoms with Gasteiger partial charge in [-0.1, -0.05) is 25.1 Å². The van der Waals surface area contributed by atoms with Crippen LogP contribution in [0.2, 0.25) is 0 Å². The highest BCUT2D eigenvalue weighted by Gasteiger charge is 2.33. The number of nitrogens with zero attached hydrogens (tertiary/aromatic N) is 2. The number of ether oxygens (including phenoxy) is 2. The summed E-state index contributed by atoms with van der Waals surface area (Å²) in [5, 5.41) is 13.2. The van der Waals surface area contributed by atoms with Gasteiger partial charge in [0.2, 0.25) is 5.91 Å². The van der Waals surface area contributed by atoms with E-state index in [0.29, 0.717) is 6.42 Å². The van der Waals surface area contributed by atoms with Crippen molar-refractivity contribution in [2.45, 2.75) is 91.8 Å². The van der Waals surface area contributed by atoms with E-state index in [-0.39, 0.29) is 37.2 Å². The molecular formula is C30H45F3N6O6. The number of carbonyl (C=O) groups excluding carboxylic acids is 3. The van der Waals surface area contributed by atoms with Crippen molar-refractivity contribution in [3.8, 4) is 0 Å². The van der Waals surface area contributed by atoms with Gasteiger partial charge in [-0.25, -0.2) is 14.0 Å². The molecule has 0 aliphatic carbocycles. The molecule has 1 rings (SSSR count). The minimum absolute atomic E-state index is 0.00720. The molecule has 45 heavy (non-hydrogen) atoms. The number of carbonyl (C=O) groups is 3. The lowest BCUT2D eigenvalue weighted by Gasteiger charge is -2.21. The lowest BCUT2D eigenvalue weighted by molar-refractivity contribution is -0.121. The van der Waals surface area contributed by atoms with Gasteiger partial charge < -0.3 is 24.9 Å². The zero-order chi connectivity index (χ0) is 34.3. The number of alkyl halides is 2. The summed E-state index contributed by atoms with van der Waals surface area (Å²) in [7, 11) is 0. The van der Waals surface area contributed by atoms with Gasteiger partial charge in [0.1, 0.15) is 29.3 Å². The molecule has 0 saturated carbocycles. The quantitative estimate of drug-likeness (QED) is 0.0940. The van der Waals surface area contributed by atoms with Crippen LogP contribution in [0.15, 0.2) is 40.1 Å². The van der Waals surface area contributed by atoms with E-state index in [1.54, 1.807) is 48.5 Å². The molecule has 0 heterocycles. The molecule has 15 heteroatoms. The summed E-state index contributed by atoms with van der Waals surface area (Å²) in [4.78, 5) is 45.4. The van der Waals surface area contributed by atoms with Gasteiger partial charge in [-0.2, -0.15) is 8.78 Å². The van der Waals surface area contributed by atoms with E-state index in [4.69, 9.17) is 14.3 Å². The Balaban J connectivity index is 2.67. The number of halogens is 3. The molecule has 4 N–H and O–H groups in total. The van der Waals surface area contributed by atoms with Crippen LogP contribution in [0.4, 0.5) is 28.4 Å². The molecule has 0 atom stereocenters. The number of nitrogens with one attached hydrogen (secondary N) is 4. The number of aryl methyl sites for hydroxylation is 1. The van der Waals surface area contributed by atoms with Crippen molar-refractivity contribution >= 4 is 36.0 Å². The number of oxime groups is 1. The van der Waals surface area contributed by atoms with E-state index in [1.807, 2.05) is 0 Å². The summed E-state index contributed by atoms with van der Waals surface area (Å²) in [5.74, 6) is -4.90. The SMILES string of the molecule is C/C=C(\N=CCC)C(F)(F)CNc1cccc(CCC(=O)NCCON=C(NC(=O)OC(C)(C)C)NC(=O)OC(C)(C)C)c1F. The lowest BCUT2D eigenvalue weighted by atomic mass is 10.1. The summed E-state index contributed by atoms with van der Waals surface area (Å²) in [6.07, 6.45) is 1.18. The van der Waals surface area contributed by atoms with Crippen LogP contribution in [0.3, 0.4) is 0 Å². The van der Waals surface area contributed by atoms with Crippen molar-refractivity contribution in [2.24, 2.45) is 10.1 Å². The van der Waals surface area contributed by atoms with Gasteiger partial charge in [0.05, 0.1) is 18.8 Å². The van der Waals surface area contributed by atoms with E-state index in [1.165, 1.54) is 37.4 Å². The fourth-order valence-electron chi connectivity index (χ4n) is 3.34. The van der Waals surface area contributed by atoms with Crippen LogP contribution in [0.25, 0.3) is 0 Å². The van der Waals surface area contributed by atoms with Gasteiger partial charge in [0, 0.05) is 12.6 Å². The molecule has 0 bridgehead atoms. The minimum atomic E-state index is -3.33. The smallest absolute Gasteiger partial charge is 0.414 e. The molecule has 1 aromatic rings. The highest BCUT2D eigenvalue weighted by Crippen LogP contribution is 2.27. The summed E-state index contributed by atoms with van der Waals surface area (Å²) < 4.78 is 54.3.